The van der Waals surface area contributed by atoms with E-state index in [2.05, 4.69) is 49.1 Å². The third-order valence-electron chi connectivity index (χ3n) is 5.70. The summed E-state index contributed by atoms with van der Waals surface area (Å²) in [5.41, 5.74) is 0.943. The number of benzene rings is 1. The predicted molar refractivity (Wildman–Crippen MR) is 122 cm³/mol. The minimum atomic E-state index is -2.63. The summed E-state index contributed by atoms with van der Waals surface area (Å²) >= 11 is -2.63. The van der Waals surface area contributed by atoms with E-state index in [1.54, 1.807) is 7.11 Å². The Balaban J connectivity index is 2.52. The topological polar surface area (TPSA) is 57.4 Å². The van der Waals surface area contributed by atoms with E-state index in [0.29, 0.717) is 11.7 Å². The number of nitrogens with zero attached hydrogens (tertiary/aromatic N) is 2. The molecule has 0 spiro atoms. The van der Waals surface area contributed by atoms with E-state index in [1.807, 2.05) is 6.92 Å². The van der Waals surface area contributed by atoms with Gasteiger partial charge in [-0.05, 0) is 0 Å². The number of aryl methyl sites for hydroxylation is 1. The van der Waals surface area contributed by atoms with Gasteiger partial charge < -0.3 is 0 Å². The summed E-state index contributed by atoms with van der Waals surface area (Å²) in [4.78, 5) is 4.40. The van der Waals surface area contributed by atoms with Crippen molar-refractivity contribution in [2.45, 2.75) is 79.5 Å². The third kappa shape index (κ3) is 6.71. The van der Waals surface area contributed by atoms with Gasteiger partial charge in [0.1, 0.15) is 0 Å². The Morgan fingerprint density at radius 2 is 1.59 bits per heavy atom. The quantitative estimate of drug-likeness (QED) is 0.228. The summed E-state index contributed by atoms with van der Waals surface area (Å²) in [6, 6.07) is 6.59. The van der Waals surface area contributed by atoms with E-state index in [9.17, 15) is 0 Å². The van der Waals surface area contributed by atoms with Crippen LogP contribution in [0.4, 0.5) is 0 Å². The molecule has 0 aliphatic rings. The van der Waals surface area contributed by atoms with Crippen molar-refractivity contribution in [1.82, 2.24) is 10.1 Å². The minimum absolute atomic E-state index is 0.263. The van der Waals surface area contributed by atoms with Crippen LogP contribution in [0.15, 0.2) is 22.7 Å². The Hall–Kier alpha value is -1.08. The first-order valence-corrected chi connectivity index (χ1v) is 18.6. The fraction of sp³-hybridized carbons (Fsp3) is 0.652. The molecule has 29 heavy (non-hydrogen) atoms. The van der Waals surface area contributed by atoms with Crippen LogP contribution in [0.5, 0.6) is 5.75 Å². The molecule has 0 bridgehead atoms. The van der Waals surface area contributed by atoms with Gasteiger partial charge in [0.25, 0.3) is 0 Å². The molecule has 5 nitrogen and oxygen atoms in total. The van der Waals surface area contributed by atoms with Crippen LogP contribution in [0.1, 0.15) is 65.2 Å². The zero-order valence-electron chi connectivity index (χ0n) is 18.9. The standard InChI is InChI=1S/C11H11N2O3.3C4H9.Sn/c1-8-12-11(13-16-8)9-4-3-5-10(6-9)15-7-14-2;3*1-3-4-2;/h3-4,6H,7H2,1-2H3;3*1,3-4H2,2H3;. The second-order valence-electron chi connectivity index (χ2n) is 7.99. The normalized spacial score (nSPS) is 11.8. The summed E-state index contributed by atoms with van der Waals surface area (Å²) in [5, 5.41) is 4.09. The molecular weight excluding hydrogens is 471 g/mol. The van der Waals surface area contributed by atoms with Crippen molar-refractivity contribution in [2.24, 2.45) is 0 Å². The average Bonchev–Trinajstić information content (AvgIpc) is 3.18. The zero-order chi connectivity index (χ0) is 21.1. The molecule has 1 aromatic carbocycles. The molecule has 162 valence electrons. The van der Waals surface area contributed by atoms with Crippen molar-refractivity contribution in [2.75, 3.05) is 13.9 Å². The molecule has 0 amide bonds. The van der Waals surface area contributed by atoms with Crippen LogP contribution in [0.25, 0.3) is 11.4 Å². The Bertz CT molecular complexity index is 711. The van der Waals surface area contributed by atoms with Gasteiger partial charge >= 0.3 is 181 Å². The number of hydrogen-bond donors (Lipinski definition) is 0. The fourth-order valence-corrected chi connectivity index (χ4v) is 20.5. The summed E-state index contributed by atoms with van der Waals surface area (Å²) in [6.45, 7) is 8.99. The molecule has 0 unspecified atom stereocenters. The number of unbranched alkanes of at least 4 members (excludes halogenated alkanes) is 3. The van der Waals surface area contributed by atoms with E-state index < -0.39 is 18.4 Å². The molecule has 1 aromatic heterocycles. The van der Waals surface area contributed by atoms with E-state index in [1.165, 1.54) is 55.4 Å². The Labute approximate surface area is 180 Å². The Morgan fingerprint density at radius 3 is 2.07 bits per heavy atom. The van der Waals surface area contributed by atoms with Gasteiger partial charge in [-0.1, -0.05) is 0 Å². The molecule has 0 fully saturated rings. The molecular formula is C23H38N2O3Sn. The Kier molecular flexibility index (Phi) is 10.5. The van der Waals surface area contributed by atoms with Crippen molar-refractivity contribution in [3.05, 3.63) is 24.1 Å². The second-order valence-corrected chi connectivity index (χ2v) is 21.1. The first-order valence-electron chi connectivity index (χ1n) is 11.2. The second kappa shape index (κ2) is 12.6. The number of aromatic nitrogens is 2. The number of ether oxygens (including phenoxy) is 2. The maximum absolute atomic E-state index is 6.15. The van der Waals surface area contributed by atoms with E-state index in [0.717, 1.165) is 11.3 Å². The van der Waals surface area contributed by atoms with Gasteiger partial charge in [0.2, 0.25) is 0 Å². The molecule has 0 atom stereocenters. The van der Waals surface area contributed by atoms with Gasteiger partial charge in [0.05, 0.1) is 0 Å². The van der Waals surface area contributed by atoms with E-state index in [-0.39, 0.29) is 6.79 Å². The van der Waals surface area contributed by atoms with Crippen LogP contribution < -0.4 is 8.32 Å². The van der Waals surface area contributed by atoms with Crippen LogP contribution in [0.2, 0.25) is 13.3 Å². The zero-order valence-corrected chi connectivity index (χ0v) is 21.8. The average molecular weight is 509 g/mol. The summed E-state index contributed by atoms with van der Waals surface area (Å²) in [7, 11) is 1.67. The number of methoxy groups -OCH3 is 1. The maximum atomic E-state index is 6.15. The molecule has 0 saturated heterocycles. The molecule has 6 heteroatoms. The summed E-state index contributed by atoms with van der Waals surface area (Å²) < 4.78 is 22.3. The Morgan fingerprint density at radius 1 is 0.966 bits per heavy atom. The fourth-order valence-electron chi connectivity index (χ4n) is 4.08. The molecule has 0 radical (unpaired) electrons. The van der Waals surface area contributed by atoms with Gasteiger partial charge in [-0.25, -0.2) is 0 Å². The van der Waals surface area contributed by atoms with Crippen LogP contribution in [0, 0.1) is 6.92 Å². The van der Waals surface area contributed by atoms with Crippen LogP contribution in [0.3, 0.4) is 0 Å². The van der Waals surface area contributed by atoms with E-state index in [4.69, 9.17) is 14.0 Å². The molecule has 0 aliphatic carbocycles. The molecule has 0 saturated carbocycles. The van der Waals surface area contributed by atoms with Crippen molar-refractivity contribution in [3.8, 4) is 17.1 Å². The van der Waals surface area contributed by atoms with Crippen LogP contribution in [-0.2, 0) is 4.74 Å². The molecule has 0 N–H and O–H groups in total. The summed E-state index contributed by atoms with van der Waals surface area (Å²) in [6.07, 6.45) is 7.72. The third-order valence-corrected chi connectivity index (χ3v) is 21.4. The molecule has 2 aromatic rings. The van der Waals surface area contributed by atoms with Gasteiger partial charge in [0, 0.05) is 0 Å². The van der Waals surface area contributed by atoms with Crippen LogP contribution in [-0.4, -0.2) is 42.4 Å². The number of hydrogen-bond acceptors (Lipinski definition) is 5. The summed E-state index contributed by atoms with van der Waals surface area (Å²) in [5.74, 6) is 2.17. The van der Waals surface area contributed by atoms with Crippen molar-refractivity contribution < 1.29 is 14.0 Å². The number of rotatable bonds is 14. The van der Waals surface area contributed by atoms with Gasteiger partial charge in [-0.2, -0.15) is 0 Å². The van der Waals surface area contributed by atoms with Crippen molar-refractivity contribution in [1.29, 1.82) is 0 Å². The van der Waals surface area contributed by atoms with E-state index >= 15 is 0 Å². The molecule has 2 rings (SSSR count). The molecule has 0 aliphatic heterocycles. The SMILES string of the molecule is CCC[CH2][Sn]([CH2]CCC)([CH2]CCC)[c]1ccc(-c2noc(C)n2)cc1OCOC. The van der Waals surface area contributed by atoms with Gasteiger partial charge in [0.15, 0.2) is 0 Å². The first-order chi connectivity index (χ1) is 14.1. The van der Waals surface area contributed by atoms with Crippen molar-refractivity contribution >= 4 is 22.0 Å². The van der Waals surface area contributed by atoms with Crippen LogP contribution >= 0.6 is 0 Å². The van der Waals surface area contributed by atoms with Gasteiger partial charge in [-0.3, -0.25) is 0 Å². The van der Waals surface area contributed by atoms with Gasteiger partial charge in [-0.15, -0.1) is 0 Å². The first kappa shape index (κ1) is 24.2. The predicted octanol–water partition coefficient (Wildman–Crippen LogP) is 6.08. The monoisotopic (exact) mass is 510 g/mol. The molecule has 1 heterocycles. The van der Waals surface area contributed by atoms with Crippen molar-refractivity contribution in [3.63, 3.8) is 0 Å².